The first-order valence-electron chi connectivity index (χ1n) is 10.5. The number of hydrogen-bond donors (Lipinski definition) is 0. The van der Waals surface area contributed by atoms with Crippen LogP contribution in [-0.4, -0.2) is 5.78 Å². The largest absolute Gasteiger partial charge is 0.294 e. The topological polar surface area (TPSA) is 17.1 Å². The van der Waals surface area contributed by atoms with Gasteiger partial charge in [0.05, 0.1) is 5.56 Å². The standard InChI is InChI=1S/C23H32F2O/c1-3-4-16-5-7-17(8-6-16)18-9-11-19(12-10-18)21-14-13-20(15(2)26)22(24)23(21)25/h13-14,16-19H,3-12H2,1-2H3. The van der Waals surface area contributed by atoms with Gasteiger partial charge in [-0.3, -0.25) is 4.79 Å². The fraction of sp³-hybridized carbons (Fsp3) is 0.696. The van der Waals surface area contributed by atoms with E-state index in [1.54, 1.807) is 6.07 Å². The number of ketones is 1. The van der Waals surface area contributed by atoms with Gasteiger partial charge >= 0.3 is 0 Å². The number of benzene rings is 1. The van der Waals surface area contributed by atoms with Crippen molar-refractivity contribution in [3.63, 3.8) is 0 Å². The van der Waals surface area contributed by atoms with E-state index < -0.39 is 17.4 Å². The molecule has 0 heterocycles. The van der Waals surface area contributed by atoms with Gasteiger partial charge < -0.3 is 0 Å². The molecule has 1 aromatic rings. The number of Topliss-reactive ketones (excluding diaryl/α,β-unsaturated/α-hetero) is 1. The van der Waals surface area contributed by atoms with Crippen molar-refractivity contribution in [2.24, 2.45) is 17.8 Å². The highest BCUT2D eigenvalue weighted by atomic mass is 19.2. The van der Waals surface area contributed by atoms with Crippen molar-refractivity contribution < 1.29 is 13.6 Å². The maximum Gasteiger partial charge on any atom is 0.169 e. The Balaban J connectivity index is 1.58. The van der Waals surface area contributed by atoms with E-state index in [1.165, 1.54) is 51.5 Å². The van der Waals surface area contributed by atoms with Crippen molar-refractivity contribution in [2.45, 2.75) is 84.0 Å². The van der Waals surface area contributed by atoms with Crippen molar-refractivity contribution in [1.29, 1.82) is 0 Å². The fourth-order valence-corrected chi connectivity index (χ4v) is 5.41. The van der Waals surface area contributed by atoms with Crippen LogP contribution in [0, 0.1) is 29.4 Å². The molecule has 0 aromatic heterocycles. The van der Waals surface area contributed by atoms with Crippen LogP contribution in [-0.2, 0) is 0 Å². The van der Waals surface area contributed by atoms with Crippen LogP contribution < -0.4 is 0 Å². The second-order valence-electron chi connectivity index (χ2n) is 8.57. The summed E-state index contributed by atoms with van der Waals surface area (Å²) >= 11 is 0. The third-order valence-electron chi connectivity index (χ3n) is 6.96. The van der Waals surface area contributed by atoms with Crippen LogP contribution in [0.1, 0.15) is 99.9 Å². The molecule has 0 N–H and O–H groups in total. The highest BCUT2D eigenvalue weighted by molar-refractivity contribution is 5.94. The molecule has 1 nitrogen and oxygen atoms in total. The van der Waals surface area contributed by atoms with Crippen LogP contribution in [0.15, 0.2) is 12.1 Å². The van der Waals surface area contributed by atoms with Crippen molar-refractivity contribution in [3.8, 4) is 0 Å². The maximum absolute atomic E-state index is 14.4. The smallest absolute Gasteiger partial charge is 0.169 e. The zero-order valence-corrected chi connectivity index (χ0v) is 16.2. The van der Waals surface area contributed by atoms with Gasteiger partial charge in [0.2, 0.25) is 0 Å². The fourth-order valence-electron chi connectivity index (χ4n) is 5.41. The van der Waals surface area contributed by atoms with Crippen LogP contribution in [0.25, 0.3) is 0 Å². The van der Waals surface area contributed by atoms with Crippen LogP contribution in [0.5, 0.6) is 0 Å². The molecule has 0 unspecified atom stereocenters. The quantitative estimate of drug-likeness (QED) is 0.513. The van der Waals surface area contributed by atoms with Gasteiger partial charge in [-0.2, -0.15) is 0 Å². The van der Waals surface area contributed by atoms with E-state index in [2.05, 4.69) is 6.92 Å². The number of halogens is 2. The molecule has 144 valence electrons. The molecule has 2 aliphatic rings. The normalized spacial score (nSPS) is 29.5. The minimum absolute atomic E-state index is 0.0955. The van der Waals surface area contributed by atoms with Crippen molar-refractivity contribution in [2.75, 3.05) is 0 Å². The summed E-state index contributed by atoms with van der Waals surface area (Å²) in [7, 11) is 0. The molecule has 3 heteroatoms. The van der Waals surface area contributed by atoms with Gasteiger partial charge in [-0.25, -0.2) is 8.78 Å². The number of rotatable bonds is 5. The predicted molar refractivity (Wildman–Crippen MR) is 101 cm³/mol. The lowest BCUT2D eigenvalue weighted by molar-refractivity contribution is 0.101. The van der Waals surface area contributed by atoms with Gasteiger partial charge in [0.15, 0.2) is 17.4 Å². The molecular weight excluding hydrogens is 330 g/mol. The average Bonchev–Trinajstić information content (AvgIpc) is 2.65. The van der Waals surface area contributed by atoms with Gasteiger partial charge in [0.1, 0.15) is 0 Å². The Morgan fingerprint density at radius 1 is 0.923 bits per heavy atom. The molecular formula is C23H32F2O. The molecule has 0 radical (unpaired) electrons. The van der Waals surface area contributed by atoms with Gasteiger partial charge in [0.25, 0.3) is 0 Å². The summed E-state index contributed by atoms with van der Waals surface area (Å²) in [6, 6.07) is 3.09. The highest BCUT2D eigenvalue weighted by Gasteiger charge is 2.32. The molecule has 0 amide bonds. The molecule has 1 aromatic carbocycles. The minimum Gasteiger partial charge on any atom is -0.294 e. The van der Waals surface area contributed by atoms with Gasteiger partial charge in [-0.15, -0.1) is 0 Å². The molecule has 0 bridgehead atoms. The molecule has 0 saturated heterocycles. The van der Waals surface area contributed by atoms with Crippen LogP contribution >= 0.6 is 0 Å². The molecule has 2 aliphatic carbocycles. The van der Waals surface area contributed by atoms with Gasteiger partial charge in [-0.1, -0.05) is 38.7 Å². The first-order chi connectivity index (χ1) is 12.5. The number of hydrogen-bond acceptors (Lipinski definition) is 1. The van der Waals surface area contributed by atoms with E-state index in [0.717, 1.165) is 43.4 Å². The first kappa shape index (κ1) is 19.5. The summed E-state index contributed by atoms with van der Waals surface area (Å²) < 4.78 is 28.6. The van der Waals surface area contributed by atoms with Crippen LogP contribution in [0.2, 0.25) is 0 Å². The Morgan fingerprint density at radius 2 is 1.50 bits per heavy atom. The molecule has 3 rings (SSSR count). The summed E-state index contributed by atoms with van der Waals surface area (Å²) in [5.41, 5.74) is 0.335. The molecule has 2 saturated carbocycles. The summed E-state index contributed by atoms with van der Waals surface area (Å²) in [6.45, 7) is 3.55. The van der Waals surface area contributed by atoms with E-state index >= 15 is 0 Å². The van der Waals surface area contributed by atoms with Crippen LogP contribution in [0.3, 0.4) is 0 Å². The van der Waals surface area contributed by atoms with Crippen molar-refractivity contribution in [3.05, 3.63) is 34.9 Å². The van der Waals surface area contributed by atoms with Crippen molar-refractivity contribution >= 4 is 5.78 Å². The van der Waals surface area contributed by atoms with E-state index in [0.29, 0.717) is 5.56 Å². The second kappa shape index (κ2) is 8.63. The monoisotopic (exact) mass is 362 g/mol. The molecule has 0 atom stereocenters. The Labute approximate surface area is 156 Å². The lowest BCUT2D eigenvalue weighted by Gasteiger charge is -2.38. The average molecular weight is 363 g/mol. The Morgan fingerprint density at radius 3 is 2.04 bits per heavy atom. The summed E-state index contributed by atoms with van der Waals surface area (Å²) in [5, 5.41) is 0. The van der Waals surface area contributed by atoms with E-state index in [-0.39, 0.29) is 11.5 Å². The molecule has 2 fully saturated rings. The van der Waals surface area contributed by atoms with E-state index in [4.69, 9.17) is 0 Å². The lowest BCUT2D eigenvalue weighted by atomic mass is 9.68. The Bertz CT molecular complexity index is 623. The molecule has 0 spiro atoms. The van der Waals surface area contributed by atoms with E-state index in [9.17, 15) is 13.6 Å². The first-order valence-corrected chi connectivity index (χ1v) is 10.5. The summed E-state index contributed by atoms with van der Waals surface area (Å²) in [5.74, 6) is 0.439. The van der Waals surface area contributed by atoms with Crippen molar-refractivity contribution in [1.82, 2.24) is 0 Å². The minimum atomic E-state index is -0.966. The highest BCUT2D eigenvalue weighted by Crippen LogP contribution is 2.45. The number of carbonyl (C=O) groups is 1. The molecule has 26 heavy (non-hydrogen) atoms. The SMILES string of the molecule is CCCC1CCC(C2CCC(c3ccc(C(C)=O)c(F)c3F)CC2)CC1. The Kier molecular flexibility index (Phi) is 6.47. The summed E-state index contributed by atoms with van der Waals surface area (Å²) in [6.07, 6.45) is 12.3. The third kappa shape index (κ3) is 4.18. The lowest BCUT2D eigenvalue weighted by Crippen LogP contribution is -2.25. The molecule has 0 aliphatic heterocycles. The Hall–Kier alpha value is -1.25. The van der Waals surface area contributed by atoms with Gasteiger partial charge in [-0.05, 0) is 80.8 Å². The third-order valence-corrected chi connectivity index (χ3v) is 6.96. The maximum atomic E-state index is 14.4. The second-order valence-corrected chi connectivity index (χ2v) is 8.57. The zero-order chi connectivity index (χ0) is 18.7. The van der Waals surface area contributed by atoms with Crippen LogP contribution in [0.4, 0.5) is 8.78 Å². The number of carbonyl (C=O) groups excluding carboxylic acids is 1. The zero-order valence-electron chi connectivity index (χ0n) is 16.2. The van der Waals surface area contributed by atoms with E-state index in [1.807, 2.05) is 0 Å². The predicted octanol–water partition coefficient (Wildman–Crippen LogP) is 7.05. The van der Waals surface area contributed by atoms with Gasteiger partial charge in [0, 0.05) is 0 Å². The summed E-state index contributed by atoms with van der Waals surface area (Å²) in [4.78, 5) is 11.4.